The van der Waals surface area contributed by atoms with Crippen LogP contribution in [0, 0.1) is 0 Å². The van der Waals surface area contributed by atoms with Gasteiger partial charge in [0.2, 0.25) is 17.7 Å². The molecule has 0 radical (unpaired) electrons. The van der Waals surface area contributed by atoms with Crippen molar-refractivity contribution in [3.63, 3.8) is 0 Å². The molecule has 1 fully saturated rings. The second-order valence-electron chi connectivity index (χ2n) is 5.36. The van der Waals surface area contributed by atoms with Crippen molar-refractivity contribution in [2.24, 2.45) is 0 Å². The monoisotopic (exact) mass is 277 g/mol. The number of nitrogens with one attached hydrogen (secondary N) is 1. The van der Waals surface area contributed by atoms with E-state index in [0.717, 1.165) is 5.56 Å². The van der Waals surface area contributed by atoms with Crippen molar-refractivity contribution in [3.8, 4) is 5.88 Å². The summed E-state index contributed by atoms with van der Waals surface area (Å²) < 4.78 is 5.00. The van der Waals surface area contributed by atoms with Gasteiger partial charge in [0, 0.05) is 31.8 Å². The highest BCUT2D eigenvalue weighted by Crippen LogP contribution is 2.16. The van der Waals surface area contributed by atoms with Gasteiger partial charge >= 0.3 is 0 Å². The van der Waals surface area contributed by atoms with Gasteiger partial charge in [0.1, 0.15) is 5.54 Å². The number of pyridine rings is 1. The minimum atomic E-state index is -0.868. The first-order chi connectivity index (χ1) is 9.42. The summed E-state index contributed by atoms with van der Waals surface area (Å²) in [6.07, 6.45) is 2.00. The van der Waals surface area contributed by atoms with Crippen molar-refractivity contribution in [2.45, 2.75) is 32.4 Å². The molecule has 1 aliphatic rings. The van der Waals surface area contributed by atoms with Gasteiger partial charge in [-0.05, 0) is 19.4 Å². The molecule has 20 heavy (non-hydrogen) atoms. The Morgan fingerprint density at radius 1 is 1.40 bits per heavy atom. The van der Waals surface area contributed by atoms with Crippen molar-refractivity contribution in [2.75, 3.05) is 13.7 Å². The van der Waals surface area contributed by atoms with E-state index in [4.69, 9.17) is 4.74 Å². The summed E-state index contributed by atoms with van der Waals surface area (Å²) in [6.45, 7) is 4.30. The predicted molar refractivity (Wildman–Crippen MR) is 73.0 cm³/mol. The zero-order chi connectivity index (χ0) is 14.8. The molecule has 1 saturated heterocycles. The van der Waals surface area contributed by atoms with Crippen LogP contribution < -0.4 is 10.1 Å². The molecule has 0 unspecified atom stereocenters. The molecule has 0 aliphatic carbocycles. The van der Waals surface area contributed by atoms with E-state index in [1.165, 1.54) is 0 Å². The van der Waals surface area contributed by atoms with Crippen LogP contribution in [0.15, 0.2) is 18.3 Å². The number of carbonyl (C=O) groups excluding carboxylic acids is 2. The van der Waals surface area contributed by atoms with Crippen molar-refractivity contribution in [1.29, 1.82) is 0 Å². The van der Waals surface area contributed by atoms with Crippen LogP contribution in [0.1, 0.15) is 25.8 Å². The Bertz CT molecular complexity index is 511. The molecule has 2 amide bonds. The predicted octanol–water partition coefficient (Wildman–Crippen LogP) is 0.717. The number of carbonyl (C=O) groups is 2. The summed E-state index contributed by atoms with van der Waals surface area (Å²) in [5.41, 5.74) is 0.0392. The van der Waals surface area contributed by atoms with E-state index in [-0.39, 0.29) is 11.8 Å². The number of hydrogen-bond acceptors (Lipinski definition) is 4. The van der Waals surface area contributed by atoms with Gasteiger partial charge in [0.05, 0.1) is 7.11 Å². The number of aromatic nitrogens is 1. The van der Waals surface area contributed by atoms with E-state index in [2.05, 4.69) is 10.3 Å². The van der Waals surface area contributed by atoms with Crippen LogP contribution in [0.25, 0.3) is 0 Å². The van der Waals surface area contributed by atoms with Gasteiger partial charge < -0.3 is 15.0 Å². The average Bonchev–Trinajstić information content (AvgIpc) is 2.51. The molecule has 2 heterocycles. The van der Waals surface area contributed by atoms with E-state index in [1.807, 2.05) is 6.07 Å². The van der Waals surface area contributed by atoms with E-state index in [9.17, 15) is 9.59 Å². The fraction of sp³-hybridized carbons (Fsp3) is 0.500. The molecule has 1 aliphatic heterocycles. The third-order valence-corrected chi connectivity index (χ3v) is 3.26. The van der Waals surface area contributed by atoms with E-state index >= 15 is 0 Å². The Balaban J connectivity index is 2.14. The van der Waals surface area contributed by atoms with E-state index in [0.29, 0.717) is 25.4 Å². The lowest BCUT2D eigenvalue weighted by atomic mass is 10.0. The third-order valence-electron chi connectivity index (χ3n) is 3.26. The highest BCUT2D eigenvalue weighted by molar-refractivity contribution is 5.92. The smallest absolute Gasteiger partial charge is 0.248 e. The molecule has 2 rings (SSSR count). The standard InChI is InChI=1S/C14H19N3O3/c1-14(2)13(19)17(7-6-11(18)16-14)9-10-4-5-12(20-3)15-8-10/h4-5,8H,6-7,9H2,1-3H3,(H,16,18). The molecule has 0 saturated carbocycles. The Labute approximate surface area is 118 Å². The highest BCUT2D eigenvalue weighted by Gasteiger charge is 2.36. The van der Waals surface area contributed by atoms with Crippen molar-refractivity contribution in [1.82, 2.24) is 15.2 Å². The van der Waals surface area contributed by atoms with E-state index < -0.39 is 5.54 Å². The Morgan fingerprint density at radius 2 is 2.15 bits per heavy atom. The van der Waals surface area contributed by atoms with Gasteiger partial charge in [-0.15, -0.1) is 0 Å². The maximum absolute atomic E-state index is 12.4. The van der Waals surface area contributed by atoms with Crippen LogP contribution in [-0.2, 0) is 16.1 Å². The van der Waals surface area contributed by atoms with Crippen LogP contribution in [0.4, 0.5) is 0 Å². The molecular formula is C14H19N3O3. The third kappa shape index (κ3) is 3.07. The highest BCUT2D eigenvalue weighted by atomic mass is 16.5. The summed E-state index contributed by atoms with van der Waals surface area (Å²) in [7, 11) is 1.56. The SMILES string of the molecule is COc1ccc(CN2CCC(=O)NC(C)(C)C2=O)cn1. The normalized spacial score (nSPS) is 18.4. The summed E-state index contributed by atoms with van der Waals surface area (Å²) in [6, 6.07) is 3.62. The van der Waals surface area contributed by atoms with Crippen LogP contribution >= 0.6 is 0 Å². The zero-order valence-electron chi connectivity index (χ0n) is 12.0. The molecule has 0 aromatic carbocycles. The average molecular weight is 277 g/mol. The fourth-order valence-electron chi connectivity index (χ4n) is 2.19. The van der Waals surface area contributed by atoms with Crippen molar-refractivity contribution >= 4 is 11.8 Å². The number of methoxy groups -OCH3 is 1. The van der Waals surface area contributed by atoms with Crippen LogP contribution in [0.5, 0.6) is 5.88 Å². The lowest BCUT2D eigenvalue weighted by Crippen LogP contribution is -2.52. The fourth-order valence-corrected chi connectivity index (χ4v) is 2.19. The Kier molecular flexibility index (Phi) is 3.92. The molecule has 1 N–H and O–H groups in total. The molecule has 1 aromatic heterocycles. The molecule has 6 heteroatoms. The largest absolute Gasteiger partial charge is 0.481 e. The first-order valence-corrected chi connectivity index (χ1v) is 6.51. The van der Waals surface area contributed by atoms with Gasteiger partial charge in [0.15, 0.2) is 0 Å². The number of nitrogens with zero attached hydrogens (tertiary/aromatic N) is 2. The molecule has 108 valence electrons. The minimum absolute atomic E-state index is 0.0841. The van der Waals surface area contributed by atoms with Crippen LogP contribution in [0.2, 0.25) is 0 Å². The lowest BCUT2D eigenvalue weighted by Gasteiger charge is -2.28. The van der Waals surface area contributed by atoms with Crippen LogP contribution in [-0.4, -0.2) is 40.9 Å². The zero-order valence-corrected chi connectivity index (χ0v) is 12.0. The summed E-state index contributed by atoms with van der Waals surface area (Å²) in [4.78, 5) is 29.8. The molecule has 0 atom stereocenters. The van der Waals surface area contributed by atoms with Gasteiger partial charge in [-0.3, -0.25) is 9.59 Å². The van der Waals surface area contributed by atoms with Crippen molar-refractivity contribution < 1.29 is 14.3 Å². The quantitative estimate of drug-likeness (QED) is 0.883. The maximum Gasteiger partial charge on any atom is 0.248 e. The number of hydrogen-bond donors (Lipinski definition) is 1. The van der Waals surface area contributed by atoms with Gasteiger partial charge in [-0.2, -0.15) is 0 Å². The van der Waals surface area contributed by atoms with E-state index in [1.54, 1.807) is 38.1 Å². The Morgan fingerprint density at radius 3 is 2.75 bits per heavy atom. The summed E-state index contributed by atoms with van der Waals surface area (Å²) in [5.74, 6) is 0.353. The minimum Gasteiger partial charge on any atom is -0.481 e. The lowest BCUT2D eigenvalue weighted by molar-refractivity contribution is -0.137. The summed E-state index contributed by atoms with van der Waals surface area (Å²) >= 11 is 0. The van der Waals surface area contributed by atoms with Gasteiger partial charge in [-0.1, -0.05) is 6.07 Å². The molecular weight excluding hydrogens is 258 g/mol. The Hall–Kier alpha value is -2.11. The first-order valence-electron chi connectivity index (χ1n) is 6.51. The number of ether oxygens (including phenoxy) is 1. The second-order valence-corrected chi connectivity index (χ2v) is 5.36. The van der Waals surface area contributed by atoms with Crippen LogP contribution in [0.3, 0.4) is 0 Å². The van der Waals surface area contributed by atoms with Gasteiger partial charge in [0.25, 0.3) is 0 Å². The molecule has 0 spiro atoms. The topological polar surface area (TPSA) is 71.5 Å². The second kappa shape index (κ2) is 5.48. The van der Waals surface area contributed by atoms with Gasteiger partial charge in [-0.25, -0.2) is 4.98 Å². The maximum atomic E-state index is 12.4. The number of rotatable bonds is 3. The molecule has 1 aromatic rings. The van der Waals surface area contributed by atoms with Crippen molar-refractivity contribution in [3.05, 3.63) is 23.9 Å². The molecule has 6 nitrogen and oxygen atoms in total. The molecule has 0 bridgehead atoms. The number of amides is 2. The first kappa shape index (κ1) is 14.3. The summed E-state index contributed by atoms with van der Waals surface area (Å²) in [5, 5.41) is 2.74.